The van der Waals surface area contributed by atoms with Crippen LogP contribution in [0.1, 0.15) is 38.2 Å². The van der Waals surface area contributed by atoms with E-state index in [-0.39, 0.29) is 34.6 Å². The van der Waals surface area contributed by atoms with Crippen LogP contribution in [0.4, 0.5) is 5.69 Å². The second-order valence-electron chi connectivity index (χ2n) is 5.91. The molecular weight excluding hydrogens is 407 g/mol. The summed E-state index contributed by atoms with van der Waals surface area (Å²) < 4.78 is 0. The van der Waals surface area contributed by atoms with Crippen molar-refractivity contribution in [3.8, 4) is 0 Å². The van der Waals surface area contributed by atoms with Gasteiger partial charge < -0.3 is 10.6 Å². The first kappa shape index (κ1) is 19.7. The fourth-order valence-corrected chi connectivity index (χ4v) is 2.81. The molecular formula is C16H25IN4O2. The molecule has 2 N–H and O–H groups in total. The van der Waals surface area contributed by atoms with Gasteiger partial charge in [-0.15, -0.1) is 24.0 Å². The lowest BCUT2D eigenvalue weighted by atomic mass is 9.87. The lowest BCUT2D eigenvalue weighted by molar-refractivity contribution is -0.385. The van der Waals surface area contributed by atoms with E-state index >= 15 is 0 Å². The fourth-order valence-electron chi connectivity index (χ4n) is 2.81. The Kier molecular flexibility index (Phi) is 8.29. The van der Waals surface area contributed by atoms with Crippen molar-refractivity contribution < 1.29 is 4.92 Å². The summed E-state index contributed by atoms with van der Waals surface area (Å²) in [6, 6.07) is 7.21. The standard InChI is InChI=1S/C16H24N4O2.HI/c1-12-7-9-14(10-8-12)19-16(17-2)18-11-13-5-3-4-6-15(13)20(21)22;/h3-6,12,14H,7-11H2,1-2H3,(H2,17,18,19);1H. The lowest BCUT2D eigenvalue weighted by Crippen LogP contribution is -2.44. The van der Waals surface area contributed by atoms with Crippen LogP contribution in [-0.2, 0) is 6.54 Å². The van der Waals surface area contributed by atoms with E-state index in [1.807, 2.05) is 6.07 Å². The highest BCUT2D eigenvalue weighted by atomic mass is 127. The molecule has 128 valence electrons. The maximum atomic E-state index is 11.0. The van der Waals surface area contributed by atoms with Gasteiger partial charge in [0, 0.05) is 31.3 Å². The molecule has 0 radical (unpaired) electrons. The quantitative estimate of drug-likeness (QED) is 0.251. The molecule has 0 aliphatic heterocycles. The van der Waals surface area contributed by atoms with E-state index in [4.69, 9.17) is 0 Å². The zero-order valence-electron chi connectivity index (χ0n) is 13.6. The smallest absolute Gasteiger partial charge is 0.274 e. The van der Waals surface area contributed by atoms with Crippen LogP contribution in [0.3, 0.4) is 0 Å². The SMILES string of the molecule is CN=C(NCc1ccccc1[N+](=O)[O-])NC1CCC(C)CC1.I. The molecule has 0 spiro atoms. The third kappa shape index (κ3) is 5.96. The largest absolute Gasteiger partial charge is 0.354 e. The van der Waals surface area contributed by atoms with Crippen LogP contribution in [0.2, 0.25) is 0 Å². The Morgan fingerprint density at radius 2 is 1.96 bits per heavy atom. The van der Waals surface area contributed by atoms with Crippen LogP contribution in [0.25, 0.3) is 0 Å². The lowest BCUT2D eigenvalue weighted by Gasteiger charge is -2.28. The molecule has 1 aromatic rings. The van der Waals surface area contributed by atoms with Crippen molar-refractivity contribution in [1.29, 1.82) is 0 Å². The Morgan fingerprint density at radius 1 is 1.30 bits per heavy atom. The van der Waals surface area contributed by atoms with Gasteiger partial charge in [-0.3, -0.25) is 15.1 Å². The van der Waals surface area contributed by atoms with E-state index < -0.39 is 0 Å². The normalized spacial score (nSPS) is 21.2. The minimum atomic E-state index is -0.351. The number of nitro benzene ring substituents is 1. The van der Waals surface area contributed by atoms with Crippen molar-refractivity contribution in [3.63, 3.8) is 0 Å². The summed E-state index contributed by atoms with van der Waals surface area (Å²) in [5.41, 5.74) is 0.796. The molecule has 0 saturated heterocycles. The monoisotopic (exact) mass is 432 g/mol. The number of nitrogens with one attached hydrogen (secondary N) is 2. The van der Waals surface area contributed by atoms with E-state index in [1.54, 1.807) is 19.2 Å². The molecule has 1 aliphatic carbocycles. The van der Waals surface area contributed by atoms with Gasteiger partial charge in [-0.25, -0.2) is 0 Å². The maximum Gasteiger partial charge on any atom is 0.274 e. The number of benzene rings is 1. The summed E-state index contributed by atoms with van der Waals surface area (Å²) in [5.74, 6) is 1.51. The zero-order valence-corrected chi connectivity index (χ0v) is 15.9. The average Bonchev–Trinajstić information content (AvgIpc) is 2.53. The minimum absolute atomic E-state index is 0. The maximum absolute atomic E-state index is 11.0. The number of para-hydroxylation sites is 1. The average molecular weight is 432 g/mol. The van der Waals surface area contributed by atoms with E-state index in [1.165, 1.54) is 18.9 Å². The molecule has 1 aromatic carbocycles. The Balaban J connectivity index is 0.00000264. The summed E-state index contributed by atoms with van der Waals surface area (Å²) >= 11 is 0. The molecule has 0 amide bonds. The number of halogens is 1. The predicted octanol–water partition coefficient (Wildman–Crippen LogP) is 3.46. The van der Waals surface area contributed by atoms with Gasteiger partial charge in [-0.1, -0.05) is 25.1 Å². The summed E-state index contributed by atoms with van der Waals surface area (Å²) in [5, 5.41) is 17.6. The van der Waals surface area contributed by atoms with Crippen molar-refractivity contribution in [3.05, 3.63) is 39.9 Å². The zero-order chi connectivity index (χ0) is 15.9. The molecule has 6 nitrogen and oxygen atoms in total. The van der Waals surface area contributed by atoms with Crippen LogP contribution in [-0.4, -0.2) is 24.0 Å². The van der Waals surface area contributed by atoms with Gasteiger partial charge in [-0.2, -0.15) is 0 Å². The van der Waals surface area contributed by atoms with E-state index in [0.29, 0.717) is 24.1 Å². The summed E-state index contributed by atoms with van der Waals surface area (Å²) in [6.45, 7) is 2.68. The highest BCUT2D eigenvalue weighted by Crippen LogP contribution is 2.23. The molecule has 0 bridgehead atoms. The molecule has 0 unspecified atom stereocenters. The number of hydrogen-bond acceptors (Lipinski definition) is 3. The second kappa shape index (κ2) is 9.69. The fraction of sp³-hybridized carbons (Fsp3) is 0.562. The van der Waals surface area contributed by atoms with Gasteiger partial charge in [-0.05, 0) is 31.6 Å². The van der Waals surface area contributed by atoms with Gasteiger partial charge >= 0.3 is 0 Å². The van der Waals surface area contributed by atoms with Gasteiger partial charge in [0.2, 0.25) is 0 Å². The molecule has 1 saturated carbocycles. The van der Waals surface area contributed by atoms with Gasteiger partial charge in [0.15, 0.2) is 5.96 Å². The molecule has 23 heavy (non-hydrogen) atoms. The minimum Gasteiger partial charge on any atom is -0.354 e. The molecule has 0 aromatic heterocycles. The molecule has 0 heterocycles. The van der Waals surface area contributed by atoms with Crippen molar-refractivity contribution in [2.75, 3.05) is 7.05 Å². The molecule has 1 fully saturated rings. The number of hydrogen-bond donors (Lipinski definition) is 2. The molecule has 7 heteroatoms. The van der Waals surface area contributed by atoms with E-state index in [2.05, 4.69) is 22.5 Å². The number of rotatable bonds is 4. The van der Waals surface area contributed by atoms with Crippen LogP contribution in [0.15, 0.2) is 29.3 Å². The van der Waals surface area contributed by atoms with Crippen molar-refractivity contribution in [2.24, 2.45) is 10.9 Å². The van der Waals surface area contributed by atoms with Gasteiger partial charge in [0.1, 0.15) is 0 Å². The summed E-state index contributed by atoms with van der Waals surface area (Å²) in [7, 11) is 1.72. The Hall–Kier alpha value is -1.38. The summed E-state index contributed by atoms with van der Waals surface area (Å²) in [6.07, 6.45) is 4.76. The first-order valence-electron chi connectivity index (χ1n) is 7.79. The Bertz CT molecular complexity index is 543. The van der Waals surface area contributed by atoms with Crippen molar-refractivity contribution >= 4 is 35.6 Å². The van der Waals surface area contributed by atoms with Crippen molar-refractivity contribution in [2.45, 2.75) is 45.2 Å². The van der Waals surface area contributed by atoms with Crippen LogP contribution in [0, 0.1) is 16.0 Å². The number of guanidine groups is 1. The first-order valence-corrected chi connectivity index (χ1v) is 7.79. The highest BCUT2D eigenvalue weighted by molar-refractivity contribution is 14.0. The van der Waals surface area contributed by atoms with Crippen LogP contribution in [0.5, 0.6) is 0 Å². The van der Waals surface area contributed by atoms with Gasteiger partial charge in [0.05, 0.1) is 4.92 Å². The summed E-state index contributed by atoms with van der Waals surface area (Å²) in [4.78, 5) is 14.9. The van der Waals surface area contributed by atoms with Crippen molar-refractivity contribution in [1.82, 2.24) is 10.6 Å². The third-order valence-electron chi connectivity index (χ3n) is 4.21. The molecule has 0 atom stereocenters. The second-order valence-corrected chi connectivity index (χ2v) is 5.91. The van der Waals surface area contributed by atoms with E-state index in [0.717, 1.165) is 18.8 Å². The van der Waals surface area contributed by atoms with Crippen LogP contribution < -0.4 is 10.6 Å². The first-order chi connectivity index (χ1) is 10.6. The topological polar surface area (TPSA) is 79.6 Å². The highest BCUT2D eigenvalue weighted by Gasteiger charge is 2.19. The number of nitrogens with zero attached hydrogens (tertiary/aromatic N) is 2. The van der Waals surface area contributed by atoms with Crippen LogP contribution >= 0.6 is 24.0 Å². The third-order valence-corrected chi connectivity index (χ3v) is 4.21. The molecule has 2 rings (SSSR count). The van der Waals surface area contributed by atoms with E-state index in [9.17, 15) is 10.1 Å². The Labute approximate surface area is 154 Å². The van der Waals surface area contributed by atoms with Gasteiger partial charge in [0.25, 0.3) is 5.69 Å². The number of nitro groups is 1. The molecule has 1 aliphatic rings. The predicted molar refractivity (Wildman–Crippen MR) is 103 cm³/mol. The Morgan fingerprint density at radius 3 is 2.57 bits per heavy atom. The number of aliphatic imine (C=N–C) groups is 1.